The van der Waals surface area contributed by atoms with Crippen molar-refractivity contribution in [1.29, 1.82) is 0 Å². The Morgan fingerprint density at radius 1 is 1.24 bits per heavy atom. The fourth-order valence-electron chi connectivity index (χ4n) is 1.96. The first-order valence-corrected chi connectivity index (χ1v) is 6.24. The standard InChI is InChI=1S/C14H15BrN2/c1-10-9-13(15)11(2)17(16-3)14(10)12-7-5-4-6-8-12/h4-9,16H,2H2,1,3H3. The van der Waals surface area contributed by atoms with Crippen LogP contribution < -0.4 is 5.43 Å². The van der Waals surface area contributed by atoms with E-state index in [0.29, 0.717) is 0 Å². The number of rotatable bonds is 2. The van der Waals surface area contributed by atoms with E-state index >= 15 is 0 Å². The number of nitrogens with zero attached hydrogens (tertiary/aromatic N) is 1. The molecule has 0 aliphatic carbocycles. The van der Waals surface area contributed by atoms with Gasteiger partial charge < -0.3 is 0 Å². The summed E-state index contributed by atoms with van der Waals surface area (Å²) >= 11 is 3.52. The van der Waals surface area contributed by atoms with Crippen LogP contribution in [0.15, 0.2) is 58.7 Å². The molecule has 1 N–H and O–H groups in total. The highest BCUT2D eigenvalue weighted by Crippen LogP contribution is 2.35. The van der Waals surface area contributed by atoms with Crippen molar-refractivity contribution in [2.45, 2.75) is 6.92 Å². The second-order valence-electron chi connectivity index (χ2n) is 3.90. The molecule has 1 heterocycles. The van der Waals surface area contributed by atoms with Gasteiger partial charge in [-0.2, -0.15) is 0 Å². The Morgan fingerprint density at radius 3 is 2.47 bits per heavy atom. The molecule has 88 valence electrons. The van der Waals surface area contributed by atoms with Gasteiger partial charge in [0.05, 0.1) is 11.4 Å². The molecule has 0 amide bonds. The van der Waals surface area contributed by atoms with Crippen molar-refractivity contribution in [2.75, 3.05) is 7.05 Å². The Morgan fingerprint density at radius 2 is 1.88 bits per heavy atom. The number of nitrogens with one attached hydrogen (secondary N) is 1. The van der Waals surface area contributed by atoms with Gasteiger partial charge in [-0.15, -0.1) is 0 Å². The number of hydrazine groups is 1. The van der Waals surface area contributed by atoms with Gasteiger partial charge >= 0.3 is 0 Å². The first-order chi connectivity index (χ1) is 8.15. The highest BCUT2D eigenvalue weighted by atomic mass is 79.9. The number of benzene rings is 1. The summed E-state index contributed by atoms with van der Waals surface area (Å²) in [6.07, 6.45) is 2.10. The average molecular weight is 291 g/mol. The molecular formula is C14H15BrN2. The van der Waals surface area contributed by atoms with E-state index in [1.165, 1.54) is 11.1 Å². The smallest absolute Gasteiger partial charge is 0.0679 e. The largest absolute Gasteiger partial charge is 0.276 e. The van der Waals surface area contributed by atoms with E-state index in [0.717, 1.165) is 15.9 Å². The van der Waals surface area contributed by atoms with Crippen LogP contribution in [0, 0.1) is 0 Å². The summed E-state index contributed by atoms with van der Waals surface area (Å²) in [6.45, 7) is 6.17. The van der Waals surface area contributed by atoms with Crippen molar-refractivity contribution in [3.8, 4) is 0 Å². The molecule has 1 aliphatic heterocycles. The van der Waals surface area contributed by atoms with Gasteiger partial charge in [-0.05, 0) is 40.1 Å². The topological polar surface area (TPSA) is 15.3 Å². The molecule has 0 atom stereocenters. The Bertz CT molecular complexity index is 500. The summed E-state index contributed by atoms with van der Waals surface area (Å²) in [5.74, 6) is 0. The predicted molar refractivity (Wildman–Crippen MR) is 76.1 cm³/mol. The lowest BCUT2D eigenvalue weighted by atomic mass is 10.0. The quantitative estimate of drug-likeness (QED) is 0.894. The van der Waals surface area contributed by atoms with Crippen LogP contribution in [0.4, 0.5) is 0 Å². The van der Waals surface area contributed by atoms with Crippen LogP contribution in [0.2, 0.25) is 0 Å². The van der Waals surface area contributed by atoms with Crippen molar-refractivity contribution in [3.63, 3.8) is 0 Å². The minimum Gasteiger partial charge on any atom is -0.276 e. The van der Waals surface area contributed by atoms with Crippen LogP contribution in [0.3, 0.4) is 0 Å². The molecule has 1 aromatic carbocycles. The number of hydrogen-bond acceptors (Lipinski definition) is 2. The van der Waals surface area contributed by atoms with Gasteiger partial charge in [0.2, 0.25) is 0 Å². The molecule has 0 fully saturated rings. The molecule has 1 aliphatic rings. The zero-order valence-electron chi connectivity index (χ0n) is 10.00. The zero-order chi connectivity index (χ0) is 12.4. The molecular weight excluding hydrogens is 276 g/mol. The summed E-state index contributed by atoms with van der Waals surface area (Å²) in [7, 11) is 1.90. The van der Waals surface area contributed by atoms with Crippen LogP contribution in [0.25, 0.3) is 5.70 Å². The first kappa shape index (κ1) is 12.1. The van der Waals surface area contributed by atoms with Crippen molar-refractivity contribution in [2.24, 2.45) is 0 Å². The van der Waals surface area contributed by atoms with Crippen molar-refractivity contribution < 1.29 is 0 Å². The molecule has 2 rings (SSSR count). The maximum Gasteiger partial charge on any atom is 0.0679 e. The number of halogens is 1. The fourth-order valence-corrected chi connectivity index (χ4v) is 2.48. The van der Waals surface area contributed by atoms with Crippen LogP contribution in [-0.4, -0.2) is 12.1 Å². The summed E-state index contributed by atoms with van der Waals surface area (Å²) < 4.78 is 1.00. The summed E-state index contributed by atoms with van der Waals surface area (Å²) in [6, 6.07) is 10.3. The SMILES string of the molecule is C=C1C(Br)=CC(C)=C(c2ccccc2)N1NC. The van der Waals surface area contributed by atoms with Gasteiger partial charge in [0, 0.05) is 11.5 Å². The number of hydrogen-bond donors (Lipinski definition) is 1. The van der Waals surface area contributed by atoms with E-state index in [1.54, 1.807) is 0 Å². The van der Waals surface area contributed by atoms with E-state index in [1.807, 2.05) is 30.3 Å². The van der Waals surface area contributed by atoms with Crippen molar-refractivity contribution in [1.82, 2.24) is 10.4 Å². The van der Waals surface area contributed by atoms with Gasteiger partial charge in [-0.1, -0.05) is 36.9 Å². The summed E-state index contributed by atoms with van der Waals surface area (Å²) in [5.41, 5.74) is 7.60. The van der Waals surface area contributed by atoms with Gasteiger partial charge in [0.1, 0.15) is 0 Å². The molecule has 0 radical (unpaired) electrons. The van der Waals surface area contributed by atoms with Gasteiger partial charge in [-0.3, -0.25) is 5.01 Å². The minimum absolute atomic E-state index is 0.914. The minimum atomic E-state index is 0.914. The van der Waals surface area contributed by atoms with Crippen LogP contribution in [0.5, 0.6) is 0 Å². The Kier molecular flexibility index (Phi) is 3.50. The maximum atomic E-state index is 4.07. The third kappa shape index (κ3) is 2.21. The highest BCUT2D eigenvalue weighted by molar-refractivity contribution is 9.12. The van der Waals surface area contributed by atoms with E-state index < -0.39 is 0 Å². The Labute approximate surface area is 110 Å². The molecule has 0 saturated carbocycles. The van der Waals surface area contributed by atoms with Gasteiger partial charge in [0.25, 0.3) is 0 Å². The van der Waals surface area contributed by atoms with Gasteiger partial charge in [0.15, 0.2) is 0 Å². The summed E-state index contributed by atoms with van der Waals surface area (Å²) in [4.78, 5) is 0. The van der Waals surface area contributed by atoms with E-state index in [-0.39, 0.29) is 0 Å². The zero-order valence-corrected chi connectivity index (χ0v) is 11.6. The van der Waals surface area contributed by atoms with Crippen LogP contribution in [-0.2, 0) is 0 Å². The second-order valence-corrected chi connectivity index (χ2v) is 4.75. The molecule has 0 unspecified atom stereocenters. The second kappa shape index (κ2) is 4.90. The van der Waals surface area contributed by atoms with Crippen LogP contribution >= 0.6 is 15.9 Å². The Hall–Kier alpha value is -1.32. The lowest BCUT2D eigenvalue weighted by molar-refractivity contribution is 0.403. The average Bonchev–Trinajstić information content (AvgIpc) is 2.34. The maximum absolute atomic E-state index is 4.07. The third-order valence-corrected chi connectivity index (χ3v) is 3.44. The molecule has 17 heavy (non-hydrogen) atoms. The fraction of sp³-hybridized carbons (Fsp3) is 0.143. The highest BCUT2D eigenvalue weighted by Gasteiger charge is 2.21. The first-order valence-electron chi connectivity index (χ1n) is 5.45. The third-order valence-electron chi connectivity index (χ3n) is 2.76. The molecule has 2 nitrogen and oxygen atoms in total. The van der Waals surface area contributed by atoms with E-state index in [9.17, 15) is 0 Å². The van der Waals surface area contributed by atoms with Crippen molar-refractivity contribution in [3.05, 3.63) is 64.3 Å². The molecule has 0 spiro atoms. The predicted octanol–water partition coefficient (Wildman–Crippen LogP) is 3.66. The molecule has 3 heteroatoms. The lowest BCUT2D eigenvalue weighted by Crippen LogP contribution is -2.34. The van der Waals surface area contributed by atoms with Crippen molar-refractivity contribution >= 4 is 21.6 Å². The molecule has 0 bridgehead atoms. The van der Waals surface area contributed by atoms with Crippen LogP contribution in [0.1, 0.15) is 12.5 Å². The monoisotopic (exact) mass is 290 g/mol. The molecule has 0 aromatic heterocycles. The molecule has 1 aromatic rings. The van der Waals surface area contributed by atoms with E-state index in [2.05, 4.69) is 53.1 Å². The summed E-state index contributed by atoms with van der Waals surface area (Å²) in [5, 5.41) is 1.99. The normalized spacial score (nSPS) is 16.3. The lowest BCUT2D eigenvalue weighted by Gasteiger charge is -2.32. The number of allylic oxidation sites excluding steroid dienone is 3. The van der Waals surface area contributed by atoms with Gasteiger partial charge in [-0.25, -0.2) is 5.43 Å². The Balaban J connectivity index is 2.56. The van der Waals surface area contributed by atoms with E-state index in [4.69, 9.17) is 0 Å². The molecule has 0 saturated heterocycles.